The minimum absolute atomic E-state index is 0.0267. The van der Waals surface area contributed by atoms with Crippen molar-refractivity contribution in [1.82, 2.24) is 5.43 Å². The summed E-state index contributed by atoms with van der Waals surface area (Å²) in [6.45, 7) is 1.57. The number of hydrazone groups is 1. The Hall–Kier alpha value is -2.37. The second-order valence-electron chi connectivity index (χ2n) is 3.45. The number of carbonyl (C=O) groups is 2. The molecule has 0 saturated heterocycles. The standard InChI is InChI=1S/C11H13N3O3/c1-7(6-10(12)16)13-14-11(17)8-4-2-3-5-9(8)15/h2-5,15H,6H2,1H3,(H2,12,16)(H,14,17)/b13-7-. The first-order valence-electron chi connectivity index (χ1n) is 4.90. The Morgan fingerprint density at radius 3 is 2.65 bits per heavy atom. The van der Waals surface area contributed by atoms with E-state index < -0.39 is 11.8 Å². The summed E-state index contributed by atoms with van der Waals surface area (Å²) in [5.74, 6) is -1.21. The first-order valence-corrected chi connectivity index (χ1v) is 4.90. The molecular formula is C11H13N3O3. The number of benzene rings is 1. The molecule has 0 unspecified atom stereocenters. The summed E-state index contributed by atoms with van der Waals surface area (Å²) in [7, 11) is 0. The van der Waals surface area contributed by atoms with Crippen molar-refractivity contribution in [3.63, 3.8) is 0 Å². The average Bonchev–Trinajstić information content (AvgIpc) is 2.25. The Morgan fingerprint density at radius 2 is 2.06 bits per heavy atom. The normalized spacial score (nSPS) is 11.0. The minimum atomic E-state index is -0.549. The predicted molar refractivity (Wildman–Crippen MR) is 62.5 cm³/mol. The number of amides is 2. The van der Waals surface area contributed by atoms with Gasteiger partial charge < -0.3 is 10.8 Å². The molecule has 0 bridgehead atoms. The van der Waals surface area contributed by atoms with Crippen LogP contribution in [0.15, 0.2) is 29.4 Å². The Morgan fingerprint density at radius 1 is 1.41 bits per heavy atom. The number of nitrogens with zero attached hydrogens (tertiary/aromatic N) is 1. The van der Waals surface area contributed by atoms with E-state index in [0.717, 1.165) is 0 Å². The molecule has 1 aromatic rings. The Kier molecular flexibility index (Phi) is 4.21. The molecule has 0 heterocycles. The van der Waals surface area contributed by atoms with Crippen LogP contribution in [0.2, 0.25) is 0 Å². The zero-order valence-corrected chi connectivity index (χ0v) is 9.30. The van der Waals surface area contributed by atoms with E-state index in [-0.39, 0.29) is 17.7 Å². The van der Waals surface area contributed by atoms with Gasteiger partial charge in [-0.15, -0.1) is 0 Å². The third-order valence-electron chi connectivity index (χ3n) is 1.93. The topological polar surface area (TPSA) is 105 Å². The van der Waals surface area contributed by atoms with Gasteiger partial charge in [-0.25, -0.2) is 5.43 Å². The van der Waals surface area contributed by atoms with E-state index in [1.54, 1.807) is 19.1 Å². The molecule has 0 radical (unpaired) electrons. The van der Waals surface area contributed by atoms with Crippen molar-refractivity contribution in [2.24, 2.45) is 10.8 Å². The first kappa shape index (κ1) is 12.7. The molecule has 0 fully saturated rings. The van der Waals surface area contributed by atoms with Gasteiger partial charge in [-0.2, -0.15) is 5.10 Å². The number of phenolic OH excluding ortho intramolecular Hbond substituents is 1. The third kappa shape index (κ3) is 3.94. The highest BCUT2D eigenvalue weighted by molar-refractivity contribution is 6.01. The molecule has 1 aromatic carbocycles. The fourth-order valence-electron chi connectivity index (χ4n) is 1.16. The van der Waals surface area contributed by atoms with Crippen LogP contribution in [0.4, 0.5) is 0 Å². The van der Waals surface area contributed by atoms with Crippen LogP contribution in [-0.2, 0) is 4.79 Å². The Balaban J connectivity index is 2.68. The lowest BCUT2D eigenvalue weighted by molar-refractivity contribution is -0.116. The second kappa shape index (κ2) is 5.64. The maximum absolute atomic E-state index is 11.6. The fraction of sp³-hybridized carbons (Fsp3) is 0.182. The number of rotatable bonds is 4. The number of phenols is 1. The summed E-state index contributed by atoms with van der Waals surface area (Å²) in [6.07, 6.45) is -0.0267. The van der Waals surface area contributed by atoms with E-state index in [1.807, 2.05) is 0 Å². The van der Waals surface area contributed by atoms with Gasteiger partial charge >= 0.3 is 0 Å². The highest BCUT2D eigenvalue weighted by Crippen LogP contribution is 2.14. The summed E-state index contributed by atoms with van der Waals surface area (Å²) in [5.41, 5.74) is 7.69. The molecule has 2 amide bonds. The smallest absolute Gasteiger partial charge is 0.275 e. The van der Waals surface area contributed by atoms with Crippen molar-refractivity contribution in [3.05, 3.63) is 29.8 Å². The quantitative estimate of drug-likeness (QED) is 0.518. The number of hydrogen-bond acceptors (Lipinski definition) is 4. The molecule has 0 aliphatic rings. The molecule has 0 aliphatic carbocycles. The Bertz CT molecular complexity index is 469. The second-order valence-corrected chi connectivity index (χ2v) is 3.45. The van der Waals surface area contributed by atoms with Crippen molar-refractivity contribution in [2.45, 2.75) is 13.3 Å². The lowest BCUT2D eigenvalue weighted by Crippen LogP contribution is -2.21. The van der Waals surface area contributed by atoms with E-state index in [0.29, 0.717) is 5.71 Å². The largest absolute Gasteiger partial charge is 0.507 e. The van der Waals surface area contributed by atoms with E-state index in [4.69, 9.17) is 5.73 Å². The number of para-hydroxylation sites is 1. The monoisotopic (exact) mass is 235 g/mol. The summed E-state index contributed by atoms with van der Waals surface area (Å²) in [6, 6.07) is 6.08. The van der Waals surface area contributed by atoms with Gasteiger partial charge in [0.15, 0.2) is 0 Å². The number of aromatic hydroxyl groups is 1. The first-order chi connectivity index (χ1) is 8.00. The maximum atomic E-state index is 11.6. The highest BCUT2D eigenvalue weighted by Gasteiger charge is 2.09. The van der Waals surface area contributed by atoms with Crippen LogP contribution in [0.3, 0.4) is 0 Å². The van der Waals surface area contributed by atoms with Gasteiger partial charge in [0.05, 0.1) is 12.0 Å². The third-order valence-corrected chi connectivity index (χ3v) is 1.93. The predicted octanol–water partition coefficient (Wildman–Crippen LogP) is 0.373. The van der Waals surface area contributed by atoms with Crippen molar-refractivity contribution in [1.29, 1.82) is 0 Å². The number of nitrogens with two attached hydrogens (primary N) is 1. The molecule has 90 valence electrons. The average molecular weight is 235 g/mol. The van der Waals surface area contributed by atoms with Gasteiger partial charge in [0.2, 0.25) is 5.91 Å². The van der Waals surface area contributed by atoms with Crippen LogP contribution in [0.25, 0.3) is 0 Å². The lowest BCUT2D eigenvalue weighted by Gasteiger charge is -2.03. The van der Waals surface area contributed by atoms with Gasteiger partial charge in [-0.3, -0.25) is 9.59 Å². The van der Waals surface area contributed by atoms with Crippen LogP contribution >= 0.6 is 0 Å². The number of hydrogen-bond donors (Lipinski definition) is 3. The SMILES string of the molecule is C/C(CC(N)=O)=N/NC(=O)c1ccccc1O. The molecule has 0 aromatic heterocycles. The number of primary amides is 1. The van der Waals surface area contributed by atoms with Crippen molar-refractivity contribution >= 4 is 17.5 Å². The van der Waals surface area contributed by atoms with Crippen LogP contribution in [-0.4, -0.2) is 22.6 Å². The van der Waals surface area contributed by atoms with Crippen LogP contribution in [0.5, 0.6) is 5.75 Å². The van der Waals surface area contributed by atoms with Crippen LogP contribution in [0, 0.1) is 0 Å². The van der Waals surface area contributed by atoms with Gasteiger partial charge in [-0.1, -0.05) is 12.1 Å². The van der Waals surface area contributed by atoms with Crippen LogP contribution in [0.1, 0.15) is 23.7 Å². The van der Waals surface area contributed by atoms with E-state index in [2.05, 4.69) is 10.5 Å². The fourth-order valence-corrected chi connectivity index (χ4v) is 1.16. The molecule has 0 spiro atoms. The summed E-state index contributed by atoms with van der Waals surface area (Å²) < 4.78 is 0. The molecule has 0 atom stereocenters. The van der Waals surface area contributed by atoms with Crippen LogP contribution < -0.4 is 11.2 Å². The molecular weight excluding hydrogens is 222 g/mol. The minimum Gasteiger partial charge on any atom is -0.507 e. The summed E-state index contributed by atoms with van der Waals surface area (Å²) in [5, 5.41) is 13.1. The zero-order chi connectivity index (χ0) is 12.8. The van der Waals surface area contributed by atoms with E-state index in [9.17, 15) is 14.7 Å². The van der Waals surface area contributed by atoms with Gasteiger partial charge in [0.1, 0.15) is 5.75 Å². The van der Waals surface area contributed by atoms with E-state index >= 15 is 0 Å². The van der Waals surface area contributed by atoms with Crippen molar-refractivity contribution in [3.8, 4) is 5.75 Å². The lowest BCUT2D eigenvalue weighted by atomic mass is 10.2. The number of nitrogens with one attached hydrogen (secondary N) is 1. The van der Waals surface area contributed by atoms with Gasteiger partial charge in [0.25, 0.3) is 5.91 Å². The summed E-state index contributed by atoms with van der Waals surface area (Å²) >= 11 is 0. The Labute approximate surface area is 98.1 Å². The van der Waals surface area contributed by atoms with Gasteiger partial charge in [0, 0.05) is 5.71 Å². The zero-order valence-electron chi connectivity index (χ0n) is 9.30. The molecule has 6 heteroatoms. The van der Waals surface area contributed by atoms with Crippen molar-refractivity contribution < 1.29 is 14.7 Å². The molecule has 17 heavy (non-hydrogen) atoms. The molecule has 6 nitrogen and oxygen atoms in total. The van der Waals surface area contributed by atoms with Gasteiger partial charge in [-0.05, 0) is 19.1 Å². The van der Waals surface area contributed by atoms with E-state index in [1.165, 1.54) is 12.1 Å². The number of carbonyl (C=O) groups excluding carboxylic acids is 2. The van der Waals surface area contributed by atoms with Crippen molar-refractivity contribution in [2.75, 3.05) is 0 Å². The summed E-state index contributed by atoms with van der Waals surface area (Å²) in [4.78, 5) is 22.1. The molecule has 1 rings (SSSR count). The highest BCUT2D eigenvalue weighted by atomic mass is 16.3. The molecule has 0 saturated carbocycles. The molecule has 0 aliphatic heterocycles. The maximum Gasteiger partial charge on any atom is 0.275 e. The molecule has 4 N–H and O–H groups in total.